The van der Waals surface area contributed by atoms with Crippen molar-refractivity contribution in [2.75, 3.05) is 26.2 Å². The Morgan fingerprint density at radius 2 is 2.44 bits per heavy atom. The first-order valence-electron chi connectivity index (χ1n) is 6.25. The van der Waals surface area contributed by atoms with Gasteiger partial charge in [-0.25, -0.2) is 0 Å². The second-order valence-electron chi connectivity index (χ2n) is 4.71. The van der Waals surface area contributed by atoms with E-state index < -0.39 is 0 Å². The molecule has 3 heteroatoms. The summed E-state index contributed by atoms with van der Waals surface area (Å²) in [6, 6.07) is 2.02. The zero-order valence-electron chi connectivity index (χ0n) is 10.3. The van der Waals surface area contributed by atoms with Crippen LogP contribution in [-0.2, 0) is 6.54 Å². The van der Waals surface area contributed by atoms with Gasteiger partial charge in [0.25, 0.3) is 0 Å². The molecule has 0 radical (unpaired) electrons. The Bertz CT molecular complexity index is 321. The van der Waals surface area contributed by atoms with Crippen LogP contribution in [-0.4, -0.2) is 31.1 Å². The molecule has 0 bridgehead atoms. The number of rotatable bonds is 5. The summed E-state index contributed by atoms with van der Waals surface area (Å²) in [6.45, 7) is 10.0. The third-order valence-corrected chi connectivity index (χ3v) is 3.50. The fourth-order valence-electron chi connectivity index (χ4n) is 2.34. The van der Waals surface area contributed by atoms with Crippen LogP contribution in [0.3, 0.4) is 0 Å². The van der Waals surface area contributed by atoms with E-state index in [1.807, 2.05) is 6.07 Å². The number of aryl methyl sites for hydroxylation is 1. The van der Waals surface area contributed by atoms with Gasteiger partial charge in [-0.15, -0.1) is 0 Å². The summed E-state index contributed by atoms with van der Waals surface area (Å²) in [6.07, 6.45) is 3.10. The fourth-order valence-corrected chi connectivity index (χ4v) is 2.34. The predicted octanol–water partition coefficient (Wildman–Crippen LogP) is 2.02. The van der Waals surface area contributed by atoms with Gasteiger partial charge in [-0.2, -0.15) is 0 Å². The van der Waals surface area contributed by atoms with E-state index in [-0.39, 0.29) is 0 Å². The summed E-state index contributed by atoms with van der Waals surface area (Å²) >= 11 is 0. The van der Waals surface area contributed by atoms with Crippen LogP contribution in [0.15, 0.2) is 16.7 Å². The lowest BCUT2D eigenvalue weighted by molar-refractivity contribution is 0.337. The van der Waals surface area contributed by atoms with Crippen molar-refractivity contribution < 1.29 is 4.42 Å². The van der Waals surface area contributed by atoms with Crippen molar-refractivity contribution in [1.82, 2.24) is 10.2 Å². The number of nitrogens with zero attached hydrogens (tertiary/aromatic N) is 1. The van der Waals surface area contributed by atoms with Crippen molar-refractivity contribution in [1.29, 1.82) is 0 Å². The first kappa shape index (κ1) is 11.7. The topological polar surface area (TPSA) is 28.4 Å². The number of hydrogen-bond acceptors (Lipinski definition) is 3. The van der Waals surface area contributed by atoms with Crippen LogP contribution in [0.4, 0.5) is 0 Å². The smallest absolute Gasteiger partial charge is 0.120 e. The number of nitrogens with one attached hydrogen (secondary N) is 1. The van der Waals surface area contributed by atoms with Crippen LogP contribution < -0.4 is 5.32 Å². The molecule has 1 atom stereocenters. The molecule has 0 aromatic carbocycles. The molecule has 1 aliphatic rings. The molecule has 1 aromatic rings. The first-order valence-corrected chi connectivity index (χ1v) is 6.25. The van der Waals surface area contributed by atoms with Crippen LogP contribution in [0, 0.1) is 12.8 Å². The second kappa shape index (κ2) is 5.51. The molecule has 1 N–H and O–H groups in total. The van der Waals surface area contributed by atoms with Gasteiger partial charge in [-0.05, 0) is 50.5 Å². The molecule has 16 heavy (non-hydrogen) atoms. The largest absolute Gasteiger partial charge is 0.468 e. The Hall–Kier alpha value is -0.800. The highest BCUT2D eigenvalue weighted by atomic mass is 16.3. The first-order chi connectivity index (χ1) is 7.79. The van der Waals surface area contributed by atoms with Gasteiger partial charge < -0.3 is 14.6 Å². The van der Waals surface area contributed by atoms with Gasteiger partial charge in [-0.1, -0.05) is 6.92 Å². The minimum atomic E-state index is 0.815. The van der Waals surface area contributed by atoms with Crippen molar-refractivity contribution in [2.45, 2.75) is 26.8 Å². The molecule has 0 amide bonds. The molecule has 1 unspecified atom stereocenters. The van der Waals surface area contributed by atoms with Gasteiger partial charge in [0, 0.05) is 6.54 Å². The van der Waals surface area contributed by atoms with Crippen molar-refractivity contribution >= 4 is 0 Å². The van der Waals surface area contributed by atoms with Crippen molar-refractivity contribution in [2.24, 2.45) is 5.92 Å². The van der Waals surface area contributed by atoms with Gasteiger partial charge in [0.2, 0.25) is 0 Å². The van der Waals surface area contributed by atoms with Crippen LogP contribution >= 0.6 is 0 Å². The Balaban J connectivity index is 1.67. The Kier molecular flexibility index (Phi) is 4.02. The lowest BCUT2D eigenvalue weighted by Gasteiger charge is -2.13. The SMILES string of the molecule is CCN1CCC(CNCc2occc2C)C1. The Morgan fingerprint density at radius 3 is 3.06 bits per heavy atom. The molecule has 1 saturated heterocycles. The fraction of sp³-hybridized carbons (Fsp3) is 0.692. The van der Waals surface area contributed by atoms with Gasteiger partial charge in [0.15, 0.2) is 0 Å². The summed E-state index contributed by atoms with van der Waals surface area (Å²) < 4.78 is 5.40. The molecule has 1 aliphatic heterocycles. The monoisotopic (exact) mass is 222 g/mol. The minimum Gasteiger partial charge on any atom is -0.468 e. The van der Waals surface area contributed by atoms with E-state index in [0.29, 0.717) is 0 Å². The van der Waals surface area contributed by atoms with E-state index in [1.54, 1.807) is 6.26 Å². The molecule has 2 heterocycles. The van der Waals surface area contributed by atoms with Crippen molar-refractivity contribution in [3.8, 4) is 0 Å². The summed E-state index contributed by atoms with van der Waals surface area (Å²) in [5.74, 6) is 1.89. The average molecular weight is 222 g/mol. The maximum Gasteiger partial charge on any atom is 0.120 e. The number of likely N-dealkylation sites (tertiary alicyclic amines) is 1. The maximum absolute atomic E-state index is 5.40. The number of furan rings is 1. The standard InChI is InChI=1S/C13H22N2O/c1-3-15-6-4-12(10-15)8-14-9-13-11(2)5-7-16-13/h5,7,12,14H,3-4,6,8-10H2,1-2H3. The van der Waals surface area contributed by atoms with Gasteiger partial charge >= 0.3 is 0 Å². The van der Waals surface area contributed by atoms with E-state index >= 15 is 0 Å². The predicted molar refractivity (Wildman–Crippen MR) is 65.4 cm³/mol. The van der Waals surface area contributed by atoms with Crippen LogP contribution in [0.25, 0.3) is 0 Å². The summed E-state index contributed by atoms with van der Waals surface area (Å²) in [7, 11) is 0. The average Bonchev–Trinajstić information content (AvgIpc) is 2.89. The van der Waals surface area contributed by atoms with E-state index in [2.05, 4.69) is 24.1 Å². The highest BCUT2D eigenvalue weighted by Gasteiger charge is 2.20. The maximum atomic E-state index is 5.40. The normalized spacial score (nSPS) is 21.8. The molecule has 0 spiro atoms. The molecule has 2 rings (SSSR count). The van der Waals surface area contributed by atoms with Crippen molar-refractivity contribution in [3.63, 3.8) is 0 Å². The third-order valence-electron chi connectivity index (χ3n) is 3.50. The van der Waals surface area contributed by atoms with Gasteiger partial charge in [-0.3, -0.25) is 0 Å². The zero-order valence-corrected chi connectivity index (χ0v) is 10.3. The number of hydrogen-bond donors (Lipinski definition) is 1. The lowest BCUT2D eigenvalue weighted by atomic mass is 10.1. The van der Waals surface area contributed by atoms with Gasteiger partial charge in [0.05, 0.1) is 12.8 Å². The summed E-state index contributed by atoms with van der Waals surface area (Å²) in [4.78, 5) is 2.52. The van der Waals surface area contributed by atoms with Crippen molar-refractivity contribution in [3.05, 3.63) is 23.7 Å². The second-order valence-corrected chi connectivity index (χ2v) is 4.71. The van der Waals surface area contributed by atoms with Crippen LogP contribution in [0.5, 0.6) is 0 Å². The zero-order chi connectivity index (χ0) is 11.4. The highest BCUT2D eigenvalue weighted by Crippen LogP contribution is 2.15. The van der Waals surface area contributed by atoms with E-state index in [0.717, 1.165) is 24.8 Å². The Labute approximate surface area is 97.8 Å². The molecule has 1 aromatic heterocycles. The van der Waals surface area contributed by atoms with E-state index in [4.69, 9.17) is 4.42 Å². The molecular formula is C13H22N2O. The van der Waals surface area contributed by atoms with Crippen LogP contribution in [0.1, 0.15) is 24.7 Å². The van der Waals surface area contributed by atoms with Gasteiger partial charge in [0.1, 0.15) is 5.76 Å². The molecular weight excluding hydrogens is 200 g/mol. The quantitative estimate of drug-likeness (QED) is 0.826. The Morgan fingerprint density at radius 1 is 1.56 bits per heavy atom. The molecule has 90 valence electrons. The van der Waals surface area contributed by atoms with E-state index in [1.165, 1.54) is 31.6 Å². The summed E-state index contributed by atoms with van der Waals surface area (Å²) in [5, 5.41) is 3.49. The molecule has 3 nitrogen and oxygen atoms in total. The highest BCUT2D eigenvalue weighted by molar-refractivity contribution is 5.14. The molecule has 0 aliphatic carbocycles. The minimum absolute atomic E-state index is 0.815. The lowest BCUT2D eigenvalue weighted by Crippen LogP contribution is -2.26. The van der Waals surface area contributed by atoms with E-state index in [9.17, 15) is 0 Å². The molecule has 1 fully saturated rings. The molecule has 0 saturated carbocycles. The third kappa shape index (κ3) is 2.86. The summed E-state index contributed by atoms with van der Waals surface area (Å²) in [5.41, 5.74) is 1.24. The van der Waals surface area contributed by atoms with Crippen LogP contribution in [0.2, 0.25) is 0 Å².